The number of amides is 1. The maximum absolute atomic E-state index is 11.7. The molecule has 1 aromatic heterocycles. The second kappa shape index (κ2) is 4.72. The van der Waals surface area contributed by atoms with Crippen molar-refractivity contribution < 1.29 is 13.2 Å². The summed E-state index contributed by atoms with van der Waals surface area (Å²) in [5.74, 6) is -0.801. The molecule has 0 spiro atoms. The van der Waals surface area contributed by atoms with Gasteiger partial charge in [0.15, 0.2) is 0 Å². The maximum Gasteiger partial charge on any atom is 0.271 e. The molecule has 0 aromatic carbocycles. The summed E-state index contributed by atoms with van der Waals surface area (Å²) in [4.78, 5) is 11.7. The van der Waals surface area contributed by atoms with Gasteiger partial charge in [-0.05, 0) is 6.92 Å². The molecule has 0 atom stereocenters. The normalized spacial score (nSPS) is 11.5. The Labute approximate surface area is 99.0 Å². The highest BCUT2D eigenvalue weighted by Gasteiger charge is 2.17. The van der Waals surface area contributed by atoms with Crippen molar-refractivity contribution in [2.75, 3.05) is 18.0 Å². The van der Waals surface area contributed by atoms with Crippen LogP contribution < -0.4 is 16.2 Å². The van der Waals surface area contributed by atoms with Gasteiger partial charge in [-0.25, -0.2) is 13.6 Å². The lowest BCUT2D eigenvalue weighted by molar-refractivity contribution is 0.0947. The number of carbonyl (C=O) groups is 1. The van der Waals surface area contributed by atoms with Gasteiger partial charge in [-0.1, -0.05) is 0 Å². The Morgan fingerprint density at radius 2 is 2.12 bits per heavy atom. The Morgan fingerprint density at radius 3 is 2.53 bits per heavy atom. The number of nitrogens with two attached hydrogens (primary N) is 2. The summed E-state index contributed by atoms with van der Waals surface area (Å²) in [6, 6.07) is 0. The molecule has 1 rings (SSSR count). The molecular weight excluding hydrogens is 246 g/mol. The number of primary sulfonamides is 1. The molecule has 8 nitrogen and oxygen atoms in total. The smallest absolute Gasteiger partial charge is 0.271 e. The third kappa shape index (κ3) is 3.43. The molecule has 17 heavy (non-hydrogen) atoms. The molecular formula is C8H15N5O3S. The first kappa shape index (κ1) is 13.5. The van der Waals surface area contributed by atoms with Gasteiger partial charge in [-0.3, -0.25) is 9.48 Å². The van der Waals surface area contributed by atoms with E-state index in [0.29, 0.717) is 5.69 Å². The van der Waals surface area contributed by atoms with Gasteiger partial charge in [0.05, 0.1) is 17.1 Å². The van der Waals surface area contributed by atoms with E-state index in [-0.39, 0.29) is 23.7 Å². The molecule has 0 saturated carbocycles. The number of carbonyl (C=O) groups excluding carboxylic acids is 1. The lowest BCUT2D eigenvalue weighted by Crippen LogP contribution is -2.32. The molecule has 0 aliphatic heterocycles. The van der Waals surface area contributed by atoms with E-state index in [4.69, 9.17) is 10.9 Å². The minimum absolute atomic E-state index is 0.0681. The molecule has 1 amide bonds. The van der Waals surface area contributed by atoms with E-state index in [0.717, 1.165) is 0 Å². The number of anilines is 1. The molecule has 96 valence electrons. The van der Waals surface area contributed by atoms with Crippen molar-refractivity contribution in [1.82, 2.24) is 15.1 Å². The van der Waals surface area contributed by atoms with Crippen molar-refractivity contribution >= 4 is 21.6 Å². The van der Waals surface area contributed by atoms with Crippen molar-refractivity contribution in [3.8, 4) is 0 Å². The number of nitrogens with zero attached hydrogens (tertiary/aromatic N) is 2. The Morgan fingerprint density at radius 1 is 1.53 bits per heavy atom. The summed E-state index contributed by atoms with van der Waals surface area (Å²) in [6.07, 6.45) is 0. The third-order valence-electron chi connectivity index (χ3n) is 2.16. The number of hydrogen-bond donors (Lipinski definition) is 3. The second-order valence-corrected chi connectivity index (χ2v) is 5.33. The fraction of sp³-hybridized carbons (Fsp3) is 0.500. The van der Waals surface area contributed by atoms with Crippen LogP contribution in [0.4, 0.5) is 5.69 Å². The number of nitrogen functional groups attached to an aromatic ring is 1. The Hall–Kier alpha value is -1.61. The average molecular weight is 261 g/mol. The first-order valence-electron chi connectivity index (χ1n) is 4.80. The Kier molecular flexibility index (Phi) is 3.73. The summed E-state index contributed by atoms with van der Waals surface area (Å²) >= 11 is 0. The minimum atomic E-state index is -3.59. The molecule has 5 N–H and O–H groups in total. The largest absolute Gasteiger partial charge is 0.395 e. The number of aryl methyl sites for hydroxylation is 2. The van der Waals surface area contributed by atoms with Crippen molar-refractivity contribution in [1.29, 1.82) is 0 Å². The van der Waals surface area contributed by atoms with E-state index in [1.54, 1.807) is 14.0 Å². The van der Waals surface area contributed by atoms with Gasteiger partial charge in [0.2, 0.25) is 10.0 Å². The van der Waals surface area contributed by atoms with Crippen molar-refractivity contribution in [3.63, 3.8) is 0 Å². The predicted molar refractivity (Wildman–Crippen MR) is 62.7 cm³/mol. The van der Waals surface area contributed by atoms with Crippen molar-refractivity contribution in [3.05, 3.63) is 11.4 Å². The Bertz CT molecular complexity index is 534. The molecule has 0 bridgehead atoms. The van der Waals surface area contributed by atoms with Gasteiger partial charge in [0.1, 0.15) is 5.69 Å². The number of aromatic nitrogens is 2. The second-order valence-electron chi connectivity index (χ2n) is 3.59. The highest BCUT2D eigenvalue weighted by molar-refractivity contribution is 7.89. The quantitative estimate of drug-likeness (QED) is 0.596. The lowest BCUT2D eigenvalue weighted by atomic mass is 10.3. The lowest BCUT2D eigenvalue weighted by Gasteiger charge is -2.05. The van der Waals surface area contributed by atoms with Crippen LogP contribution in [0.15, 0.2) is 0 Å². The molecule has 0 saturated heterocycles. The number of hydrogen-bond acceptors (Lipinski definition) is 5. The summed E-state index contributed by atoms with van der Waals surface area (Å²) in [7, 11) is -2.00. The van der Waals surface area contributed by atoms with Crippen LogP contribution in [-0.4, -0.2) is 36.4 Å². The number of sulfonamides is 1. The standard InChI is InChI=1S/C8H15N5O3S/c1-5-6(9)7(13(2)12-5)8(14)11-3-4-17(10,15)16/h3-4,9H2,1-2H3,(H,11,14)(H2,10,15,16). The van der Waals surface area contributed by atoms with E-state index in [1.165, 1.54) is 4.68 Å². The van der Waals surface area contributed by atoms with E-state index in [2.05, 4.69) is 10.4 Å². The van der Waals surface area contributed by atoms with Crippen molar-refractivity contribution in [2.45, 2.75) is 6.92 Å². The summed E-state index contributed by atoms with van der Waals surface area (Å²) in [6.45, 7) is 1.61. The van der Waals surface area contributed by atoms with Gasteiger partial charge >= 0.3 is 0 Å². The molecule has 1 heterocycles. The Balaban J connectivity index is 2.71. The van der Waals surface area contributed by atoms with Crippen LogP contribution in [0.5, 0.6) is 0 Å². The first-order chi connectivity index (χ1) is 7.72. The van der Waals surface area contributed by atoms with E-state index < -0.39 is 15.9 Å². The van der Waals surface area contributed by atoms with Crippen LogP contribution >= 0.6 is 0 Å². The topological polar surface area (TPSA) is 133 Å². The maximum atomic E-state index is 11.7. The van der Waals surface area contributed by atoms with Crippen LogP contribution in [0.1, 0.15) is 16.2 Å². The molecule has 0 aliphatic rings. The van der Waals surface area contributed by atoms with Gasteiger partial charge < -0.3 is 11.1 Å². The zero-order chi connectivity index (χ0) is 13.2. The van der Waals surface area contributed by atoms with Crippen LogP contribution in [-0.2, 0) is 17.1 Å². The third-order valence-corrected chi connectivity index (χ3v) is 2.93. The average Bonchev–Trinajstić information content (AvgIpc) is 2.38. The minimum Gasteiger partial charge on any atom is -0.395 e. The fourth-order valence-corrected chi connectivity index (χ4v) is 1.72. The van der Waals surface area contributed by atoms with Gasteiger partial charge in [0.25, 0.3) is 5.91 Å². The van der Waals surface area contributed by atoms with Crippen LogP contribution in [0.25, 0.3) is 0 Å². The summed E-state index contributed by atoms with van der Waals surface area (Å²) in [5.41, 5.74) is 6.70. The van der Waals surface area contributed by atoms with Crippen LogP contribution in [0.3, 0.4) is 0 Å². The van der Waals surface area contributed by atoms with Crippen LogP contribution in [0.2, 0.25) is 0 Å². The highest BCUT2D eigenvalue weighted by atomic mass is 32.2. The molecule has 0 radical (unpaired) electrons. The zero-order valence-electron chi connectivity index (χ0n) is 9.60. The molecule has 0 unspecified atom stereocenters. The summed E-state index contributed by atoms with van der Waals surface area (Å²) < 4.78 is 22.7. The molecule has 0 fully saturated rings. The van der Waals surface area contributed by atoms with Gasteiger partial charge in [-0.2, -0.15) is 5.10 Å². The van der Waals surface area contributed by atoms with E-state index in [9.17, 15) is 13.2 Å². The molecule has 0 aliphatic carbocycles. The monoisotopic (exact) mass is 261 g/mol. The van der Waals surface area contributed by atoms with Gasteiger partial charge in [0, 0.05) is 13.6 Å². The van der Waals surface area contributed by atoms with E-state index in [1.807, 2.05) is 0 Å². The number of rotatable bonds is 4. The molecule has 1 aromatic rings. The summed E-state index contributed by atoms with van der Waals surface area (Å²) in [5, 5.41) is 11.2. The van der Waals surface area contributed by atoms with Gasteiger partial charge in [-0.15, -0.1) is 0 Å². The first-order valence-corrected chi connectivity index (χ1v) is 6.51. The SMILES string of the molecule is Cc1nn(C)c(C(=O)NCCS(N)(=O)=O)c1N. The fourth-order valence-electron chi connectivity index (χ4n) is 1.33. The van der Waals surface area contributed by atoms with E-state index >= 15 is 0 Å². The molecule has 9 heteroatoms. The number of nitrogens with one attached hydrogen (secondary N) is 1. The highest BCUT2D eigenvalue weighted by Crippen LogP contribution is 2.14. The van der Waals surface area contributed by atoms with Crippen LogP contribution in [0, 0.1) is 6.92 Å². The predicted octanol–water partition coefficient (Wildman–Crippen LogP) is -1.67. The zero-order valence-corrected chi connectivity index (χ0v) is 10.4. The van der Waals surface area contributed by atoms with Crippen molar-refractivity contribution in [2.24, 2.45) is 12.2 Å².